The molecule has 0 bridgehead atoms. The molecule has 0 radical (unpaired) electrons. The number of carbonyl (C=O) groups excluding carboxylic acids is 1. The summed E-state index contributed by atoms with van der Waals surface area (Å²) >= 11 is 0. The average Bonchev–Trinajstić information content (AvgIpc) is 3.63. The van der Waals surface area contributed by atoms with Gasteiger partial charge >= 0.3 is 0 Å². The molecule has 2 saturated heterocycles. The molecule has 2 fully saturated rings. The van der Waals surface area contributed by atoms with Crippen molar-refractivity contribution in [1.82, 2.24) is 25.0 Å². The Morgan fingerprint density at radius 2 is 1.93 bits per heavy atom. The smallest absolute Gasteiger partial charge is 0.227 e. The highest BCUT2D eigenvalue weighted by Gasteiger charge is 2.28. The van der Waals surface area contributed by atoms with Crippen molar-refractivity contribution < 1.29 is 23.2 Å². The molecule has 4 heterocycles. The zero-order valence-corrected chi connectivity index (χ0v) is 22.9. The molecule has 2 aliphatic rings. The second kappa shape index (κ2) is 11.5. The van der Waals surface area contributed by atoms with Crippen LogP contribution in [-0.4, -0.2) is 68.3 Å². The Hall–Kier alpha value is -3.99. The molecule has 2 aliphatic heterocycles. The largest absolute Gasteiger partial charge is 0.391 e. The Balaban J connectivity index is 1.23. The summed E-state index contributed by atoms with van der Waals surface area (Å²) in [7, 11) is 0. The lowest BCUT2D eigenvalue weighted by Crippen LogP contribution is -2.34. The van der Waals surface area contributed by atoms with E-state index in [4.69, 9.17) is 4.52 Å². The van der Waals surface area contributed by atoms with E-state index in [1.807, 2.05) is 0 Å². The van der Waals surface area contributed by atoms with Crippen LogP contribution in [0.4, 0.5) is 14.6 Å². The van der Waals surface area contributed by atoms with Crippen LogP contribution < -0.4 is 4.90 Å². The van der Waals surface area contributed by atoms with E-state index in [2.05, 4.69) is 31.9 Å². The summed E-state index contributed by atoms with van der Waals surface area (Å²) in [5.74, 6) is 0.964. The van der Waals surface area contributed by atoms with Gasteiger partial charge in [-0.25, -0.2) is 18.7 Å². The van der Waals surface area contributed by atoms with Gasteiger partial charge in [-0.05, 0) is 55.0 Å². The second-order valence-electron chi connectivity index (χ2n) is 10.9. The number of hydrogen-bond acceptors (Lipinski definition) is 8. The first-order valence-corrected chi connectivity index (χ1v) is 14.2. The molecule has 1 amide bonds. The van der Waals surface area contributed by atoms with Crippen molar-refractivity contribution >= 4 is 22.6 Å². The lowest BCUT2D eigenvalue weighted by Gasteiger charge is -2.32. The number of benzene rings is 2. The third-order valence-corrected chi connectivity index (χ3v) is 8.01. The highest BCUT2D eigenvalue weighted by atomic mass is 19.1. The van der Waals surface area contributed by atoms with Gasteiger partial charge in [-0.15, -0.1) is 0 Å². The molecular formula is C30H32F2N6O3. The summed E-state index contributed by atoms with van der Waals surface area (Å²) in [5.41, 5.74) is 1.69. The zero-order valence-electron chi connectivity index (χ0n) is 22.9. The van der Waals surface area contributed by atoms with Crippen molar-refractivity contribution in [2.45, 2.75) is 57.5 Å². The van der Waals surface area contributed by atoms with Crippen LogP contribution in [0.3, 0.4) is 0 Å². The number of halogens is 2. The van der Waals surface area contributed by atoms with Crippen molar-refractivity contribution in [2.24, 2.45) is 0 Å². The molecule has 41 heavy (non-hydrogen) atoms. The number of aryl methyl sites for hydroxylation is 1. The number of aliphatic hydroxyl groups is 1. The maximum absolute atomic E-state index is 15.2. The summed E-state index contributed by atoms with van der Waals surface area (Å²) < 4.78 is 35.5. The van der Waals surface area contributed by atoms with E-state index in [1.165, 1.54) is 24.5 Å². The summed E-state index contributed by atoms with van der Waals surface area (Å²) in [6, 6.07) is 7.33. The van der Waals surface area contributed by atoms with Crippen LogP contribution in [0.25, 0.3) is 22.0 Å². The van der Waals surface area contributed by atoms with E-state index >= 15 is 4.39 Å². The number of carbonyl (C=O) groups is 1. The quantitative estimate of drug-likeness (QED) is 0.353. The van der Waals surface area contributed by atoms with Crippen LogP contribution in [0.5, 0.6) is 0 Å². The van der Waals surface area contributed by atoms with E-state index in [9.17, 15) is 14.3 Å². The molecule has 214 valence electrons. The van der Waals surface area contributed by atoms with Gasteiger partial charge in [0, 0.05) is 49.5 Å². The van der Waals surface area contributed by atoms with Crippen molar-refractivity contribution in [3.05, 3.63) is 65.6 Å². The summed E-state index contributed by atoms with van der Waals surface area (Å²) in [6.45, 7) is 4.17. The summed E-state index contributed by atoms with van der Waals surface area (Å²) in [6.07, 6.45) is 4.67. The Kier molecular flexibility index (Phi) is 7.61. The fraction of sp³-hybridized carbons (Fsp3) is 0.433. The van der Waals surface area contributed by atoms with Crippen LogP contribution >= 0.6 is 0 Å². The average molecular weight is 563 g/mol. The molecule has 11 heteroatoms. The van der Waals surface area contributed by atoms with Gasteiger partial charge in [-0.1, -0.05) is 24.2 Å². The number of hydrogen-bond donors (Lipinski definition) is 1. The fourth-order valence-electron chi connectivity index (χ4n) is 5.79. The number of nitrogens with zero attached hydrogens (tertiary/aromatic N) is 6. The van der Waals surface area contributed by atoms with E-state index < -0.39 is 17.7 Å². The molecular weight excluding hydrogens is 530 g/mol. The first kappa shape index (κ1) is 27.2. The van der Waals surface area contributed by atoms with Gasteiger partial charge in [0.05, 0.1) is 18.0 Å². The molecule has 2 aromatic heterocycles. The standard InChI is InChI=1S/C30H32F2N6O3/c1-2-3-26-35-29(36-41-26)18-6-9-37(10-7-18)30-24-15-21(31)14-23(28(24)33-17-34-30)19-4-5-20(25(32)12-19)13-27(40)38-11-8-22(39)16-38/h4-5,12,14-15,17-18,22,39H,2-3,6-11,13,16H2,1H3. The van der Waals surface area contributed by atoms with Gasteiger partial charge in [0.1, 0.15) is 23.8 Å². The number of aliphatic hydroxyl groups excluding tert-OH is 1. The molecule has 4 aromatic rings. The minimum Gasteiger partial charge on any atom is -0.391 e. The van der Waals surface area contributed by atoms with Gasteiger partial charge in [0.15, 0.2) is 5.82 Å². The number of likely N-dealkylation sites (tertiary alicyclic amines) is 1. The highest BCUT2D eigenvalue weighted by Crippen LogP contribution is 2.36. The molecule has 0 saturated carbocycles. The third kappa shape index (κ3) is 5.63. The van der Waals surface area contributed by atoms with E-state index in [-0.39, 0.29) is 30.4 Å². The first-order valence-electron chi connectivity index (χ1n) is 14.2. The maximum atomic E-state index is 15.2. The molecule has 1 N–H and O–H groups in total. The van der Waals surface area contributed by atoms with Crippen molar-refractivity contribution in [2.75, 3.05) is 31.1 Å². The molecule has 9 nitrogen and oxygen atoms in total. The predicted molar refractivity (Wildman–Crippen MR) is 148 cm³/mol. The Labute approximate surface area is 236 Å². The Morgan fingerprint density at radius 3 is 2.66 bits per heavy atom. The molecule has 0 spiro atoms. The van der Waals surface area contributed by atoms with E-state index in [0.29, 0.717) is 59.8 Å². The van der Waals surface area contributed by atoms with Crippen molar-refractivity contribution in [1.29, 1.82) is 0 Å². The van der Waals surface area contributed by atoms with Crippen molar-refractivity contribution in [3.8, 4) is 11.1 Å². The monoisotopic (exact) mass is 562 g/mol. The van der Waals surface area contributed by atoms with Gasteiger partial charge < -0.3 is 19.4 Å². The number of fused-ring (bicyclic) bond motifs is 1. The van der Waals surface area contributed by atoms with Gasteiger partial charge in [0.2, 0.25) is 11.8 Å². The Bertz CT molecular complexity index is 1570. The van der Waals surface area contributed by atoms with Crippen LogP contribution in [0.2, 0.25) is 0 Å². The SMILES string of the molecule is CCCc1nc(C2CCN(c3ncnc4c(-c5ccc(CC(=O)N6CCC(O)C6)c(F)c5)cc(F)cc34)CC2)no1. The lowest BCUT2D eigenvalue weighted by molar-refractivity contribution is -0.129. The summed E-state index contributed by atoms with van der Waals surface area (Å²) in [4.78, 5) is 29.7. The number of amides is 1. The van der Waals surface area contributed by atoms with E-state index in [0.717, 1.165) is 31.5 Å². The van der Waals surface area contributed by atoms with Crippen LogP contribution in [0, 0.1) is 11.6 Å². The number of β-amino-alcohol motifs (C(OH)–C–C–N with tert-alkyl or cyclic N) is 1. The molecule has 6 rings (SSSR count). The lowest BCUT2D eigenvalue weighted by atomic mass is 9.95. The second-order valence-corrected chi connectivity index (χ2v) is 10.9. The number of anilines is 1. The van der Waals surface area contributed by atoms with Gasteiger partial charge in [-0.2, -0.15) is 4.98 Å². The van der Waals surface area contributed by atoms with Crippen LogP contribution in [-0.2, 0) is 17.6 Å². The molecule has 1 unspecified atom stereocenters. The van der Waals surface area contributed by atoms with Gasteiger partial charge in [-0.3, -0.25) is 4.79 Å². The third-order valence-electron chi connectivity index (χ3n) is 8.01. The van der Waals surface area contributed by atoms with Gasteiger partial charge in [0.25, 0.3) is 0 Å². The van der Waals surface area contributed by atoms with E-state index in [1.54, 1.807) is 17.0 Å². The Morgan fingerprint density at radius 1 is 1.10 bits per heavy atom. The number of aromatic nitrogens is 4. The number of piperidine rings is 1. The molecule has 1 atom stereocenters. The normalized spacial score (nSPS) is 18.0. The minimum atomic E-state index is -0.548. The fourth-order valence-corrected chi connectivity index (χ4v) is 5.79. The number of rotatable bonds is 7. The molecule has 0 aliphatic carbocycles. The predicted octanol–water partition coefficient (Wildman–Crippen LogP) is 4.43. The topological polar surface area (TPSA) is 108 Å². The maximum Gasteiger partial charge on any atom is 0.227 e. The molecule has 2 aromatic carbocycles. The van der Waals surface area contributed by atoms with Crippen LogP contribution in [0.1, 0.15) is 55.8 Å². The zero-order chi connectivity index (χ0) is 28.5. The minimum absolute atomic E-state index is 0.102. The summed E-state index contributed by atoms with van der Waals surface area (Å²) in [5, 5.41) is 14.4. The van der Waals surface area contributed by atoms with Crippen molar-refractivity contribution in [3.63, 3.8) is 0 Å². The van der Waals surface area contributed by atoms with Crippen LogP contribution in [0.15, 0.2) is 41.2 Å². The first-order chi connectivity index (χ1) is 19.9. The highest BCUT2D eigenvalue weighted by molar-refractivity contribution is 5.99.